The summed E-state index contributed by atoms with van der Waals surface area (Å²) in [5, 5.41) is 22.9. The van der Waals surface area contributed by atoms with E-state index in [1.807, 2.05) is 31.2 Å². The molecule has 4 aromatic rings. The molecule has 0 atom stereocenters. The molecule has 2 aromatic carbocycles. The lowest BCUT2D eigenvalue weighted by Gasteiger charge is -2.02. The van der Waals surface area contributed by atoms with Crippen LogP contribution >= 0.6 is 11.8 Å². The van der Waals surface area contributed by atoms with Gasteiger partial charge in [-0.3, -0.25) is 10.1 Å². The summed E-state index contributed by atoms with van der Waals surface area (Å²) in [4.78, 5) is 14.5. The summed E-state index contributed by atoms with van der Waals surface area (Å²) in [5.41, 5.74) is 1.77. The molecular formula is C19H15N5O5S. The number of nitro groups is 1. The highest BCUT2D eigenvalue weighted by Crippen LogP contribution is 2.24. The Hall–Kier alpha value is -3.73. The highest BCUT2D eigenvalue weighted by Gasteiger charge is 2.13. The van der Waals surface area contributed by atoms with Crippen LogP contribution in [-0.2, 0) is 12.4 Å². The van der Waals surface area contributed by atoms with Crippen molar-refractivity contribution in [2.45, 2.75) is 24.5 Å². The van der Waals surface area contributed by atoms with Gasteiger partial charge in [-0.25, -0.2) is 0 Å². The Morgan fingerprint density at radius 2 is 1.83 bits per heavy atom. The van der Waals surface area contributed by atoms with Gasteiger partial charge in [-0.15, -0.1) is 10.2 Å². The highest BCUT2D eigenvalue weighted by atomic mass is 32.2. The Bertz CT molecular complexity index is 1140. The molecule has 0 saturated carbocycles. The standard InChI is InChI=1S/C19H15N5O5S/c1-12-2-8-15(9-3-12)27-10-16-21-22-19(28-16)30-11-17-20-18(23-29-17)13-4-6-14(7-5-13)24(25)26/h2-9H,10-11H2,1H3. The number of thioether (sulfide) groups is 1. The predicted octanol–water partition coefficient (Wildman–Crippen LogP) is 4.21. The van der Waals surface area contributed by atoms with Gasteiger partial charge in [0, 0.05) is 17.7 Å². The second-order valence-electron chi connectivity index (χ2n) is 6.17. The lowest BCUT2D eigenvalue weighted by molar-refractivity contribution is -0.384. The van der Waals surface area contributed by atoms with Crippen LogP contribution in [0.4, 0.5) is 5.69 Å². The third kappa shape index (κ3) is 4.81. The van der Waals surface area contributed by atoms with Crippen molar-refractivity contribution in [2.75, 3.05) is 0 Å². The first-order valence-corrected chi connectivity index (χ1v) is 9.77. The van der Waals surface area contributed by atoms with Crippen LogP contribution in [0.25, 0.3) is 11.4 Å². The fourth-order valence-corrected chi connectivity index (χ4v) is 3.04. The number of non-ortho nitro benzene ring substituents is 1. The van der Waals surface area contributed by atoms with E-state index in [0.29, 0.717) is 34.1 Å². The molecule has 0 radical (unpaired) electrons. The SMILES string of the molecule is Cc1ccc(OCc2nnc(SCc3nc(-c4ccc([N+](=O)[O-])cc4)no3)o2)cc1. The molecule has 0 aliphatic carbocycles. The summed E-state index contributed by atoms with van der Waals surface area (Å²) in [7, 11) is 0. The van der Waals surface area contributed by atoms with Crippen LogP contribution in [0.15, 0.2) is 62.7 Å². The predicted molar refractivity (Wildman–Crippen MR) is 106 cm³/mol. The van der Waals surface area contributed by atoms with Gasteiger partial charge in [-0.05, 0) is 31.2 Å². The summed E-state index contributed by atoms with van der Waals surface area (Å²) in [6.45, 7) is 2.17. The molecule has 0 fully saturated rings. The van der Waals surface area contributed by atoms with Gasteiger partial charge < -0.3 is 13.7 Å². The molecule has 11 heteroatoms. The van der Waals surface area contributed by atoms with Crippen molar-refractivity contribution >= 4 is 17.4 Å². The molecule has 0 N–H and O–H groups in total. The van der Waals surface area contributed by atoms with Crippen molar-refractivity contribution in [3.05, 3.63) is 76.0 Å². The minimum absolute atomic E-state index is 0.00317. The van der Waals surface area contributed by atoms with Gasteiger partial charge in [-0.1, -0.05) is 34.6 Å². The Kier molecular flexibility index (Phi) is 5.70. The molecule has 0 spiro atoms. The molecule has 0 aliphatic rings. The molecule has 0 saturated heterocycles. The van der Waals surface area contributed by atoms with Crippen molar-refractivity contribution in [3.63, 3.8) is 0 Å². The number of aromatic nitrogens is 4. The van der Waals surface area contributed by atoms with Crippen LogP contribution < -0.4 is 4.74 Å². The summed E-state index contributed by atoms with van der Waals surface area (Å²) in [5.74, 6) is 2.12. The zero-order chi connectivity index (χ0) is 20.9. The summed E-state index contributed by atoms with van der Waals surface area (Å²) < 4.78 is 16.4. The third-order valence-electron chi connectivity index (χ3n) is 3.96. The molecule has 2 aromatic heterocycles. The van der Waals surface area contributed by atoms with Gasteiger partial charge in [0.15, 0.2) is 6.61 Å². The van der Waals surface area contributed by atoms with Crippen LogP contribution in [0.1, 0.15) is 17.3 Å². The maximum absolute atomic E-state index is 10.7. The van der Waals surface area contributed by atoms with E-state index in [1.165, 1.54) is 23.9 Å². The highest BCUT2D eigenvalue weighted by molar-refractivity contribution is 7.98. The first-order chi connectivity index (χ1) is 14.6. The minimum atomic E-state index is -0.466. The van der Waals surface area contributed by atoms with Gasteiger partial charge in [0.1, 0.15) is 5.75 Å². The number of ether oxygens (including phenoxy) is 1. The maximum atomic E-state index is 10.7. The zero-order valence-corrected chi connectivity index (χ0v) is 16.5. The normalized spacial score (nSPS) is 10.8. The van der Waals surface area contributed by atoms with Crippen molar-refractivity contribution < 1.29 is 18.6 Å². The van der Waals surface area contributed by atoms with Crippen LogP contribution in [0.5, 0.6) is 5.75 Å². The van der Waals surface area contributed by atoms with Gasteiger partial charge in [0.2, 0.25) is 11.7 Å². The van der Waals surface area contributed by atoms with E-state index in [2.05, 4.69) is 20.3 Å². The van der Waals surface area contributed by atoms with Gasteiger partial charge in [0.05, 0.1) is 10.7 Å². The lowest BCUT2D eigenvalue weighted by Crippen LogP contribution is -1.95. The molecule has 4 rings (SSSR count). The lowest BCUT2D eigenvalue weighted by atomic mass is 10.2. The largest absolute Gasteiger partial charge is 0.484 e. The smallest absolute Gasteiger partial charge is 0.277 e. The Labute approximate surface area is 174 Å². The maximum Gasteiger partial charge on any atom is 0.277 e. The van der Waals surface area contributed by atoms with Crippen LogP contribution in [-0.4, -0.2) is 25.3 Å². The van der Waals surface area contributed by atoms with E-state index < -0.39 is 4.92 Å². The van der Waals surface area contributed by atoms with Gasteiger partial charge in [0.25, 0.3) is 16.8 Å². The molecule has 0 aliphatic heterocycles. The average Bonchev–Trinajstić information content (AvgIpc) is 3.41. The third-order valence-corrected chi connectivity index (χ3v) is 4.76. The zero-order valence-electron chi connectivity index (χ0n) is 15.7. The number of rotatable bonds is 8. The van der Waals surface area contributed by atoms with Crippen molar-refractivity contribution in [1.82, 2.24) is 20.3 Å². The number of hydrogen-bond donors (Lipinski definition) is 0. The Morgan fingerprint density at radius 3 is 2.57 bits per heavy atom. The second kappa shape index (κ2) is 8.74. The Balaban J connectivity index is 1.31. The summed E-state index contributed by atoms with van der Waals surface area (Å²) in [6.07, 6.45) is 0. The molecule has 0 amide bonds. The molecule has 0 bridgehead atoms. The van der Waals surface area contributed by atoms with E-state index >= 15 is 0 Å². The molecular weight excluding hydrogens is 410 g/mol. The topological polar surface area (TPSA) is 130 Å². The van der Waals surface area contributed by atoms with Crippen molar-refractivity contribution in [1.29, 1.82) is 0 Å². The average molecular weight is 425 g/mol. The molecule has 10 nitrogen and oxygen atoms in total. The summed E-state index contributed by atoms with van der Waals surface area (Å²) >= 11 is 1.25. The summed E-state index contributed by atoms with van der Waals surface area (Å²) in [6, 6.07) is 13.6. The number of benzene rings is 2. The molecule has 30 heavy (non-hydrogen) atoms. The second-order valence-corrected chi connectivity index (χ2v) is 7.09. The van der Waals surface area contributed by atoms with Gasteiger partial charge >= 0.3 is 0 Å². The van der Waals surface area contributed by atoms with Crippen LogP contribution in [0.2, 0.25) is 0 Å². The number of aryl methyl sites for hydroxylation is 1. The molecule has 0 unspecified atom stereocenters. The van der Waals surface area contributed by atoms with Crippen LogP contribution in [0.3, 0.4) is 0 Å². The molecule has 152 valence electrons. The first-order valence-electron chi connectivity index (χ1n) is 8.79. The van der Waals surface area contributed by atoms with Crippen LogP contribution in [0, 0.1) is 17.0 Å². The fourth-order valence-electron chi connectivity index (χ4n) is 2.42. The monoisotopic (exact) mass is 425 g/mol. The minimum Gasteiger partial charge on any atom is -0.484 e. The Morgan fingerprint density at radius 1 is 1.07 bits per heavy atom. The van der Waals surface area contributed by atoms with Gasteiger partial charge in [-0.2, -0.15) is 4.98 Å². The van der Waals surface area contributed by atoms with Crippen molar-refractivity contribution in [2.24, 2.45) is 0 Å². The number of nitrogens with zero attached hydrogens (tertiary/aromatic N) is 5. The number of nitro benzene ring substituents is 1. The van der Waals surface area contributed by atoms with E-state index in [9.17, 15) is 10.1 Å². The number of hydrogen-bond acceptors (Lipinski definition) is 10. The fraction of sp³-hybridized carbons (Fsp3) is 0.158. The van der Waals surface area contributed by atoms with E-state index in [0.717, 1.165) is 11.3 Å². The van der Waals surface area contributed by atoms with E-state index in [1.54, 1.807) is 12.1 Å². The van der Waals surface area contributed by atoms with E-state index in [4.69, 9.17) is 13.7 Å². The van der Waals surface area contributed by atoms with E-state index in [-0.39, 0.29) is 12.3 Å². The first kappa shape index (κ1) is 19.6. The quantitative estimate of drug-likeness (QED) is 0.230. The molecule has 2 heterocycles. The van der Waals surface area contributed by atoms with Crippen molar-refractivity contribution in [3.8, 4) is 17.1 Å².